The fourth-order valence-corrected chi connectivity index (χ4v) is 3.97. The summed E-state index contributed by atoms with van der Waals surface area (Å²) in [5.74, 6) is 1.86. The summed E-state index contributed by atoms with van der Waals surface area (Å²) in [6, 6.07) is 12.3. The third-order valence-corrected chi connectivity index (χ3v) is 5.32. The van der Waals surface area contributed by atoms with Crippen LogP contribution >= 0.6 is 11.6 Å². The van der Waals surface area contributed by atoms with Crippen molar-refractivity contribution < 1.29 is 19.1 Å². The van der Waals surface area contributed by atoms with Crippen molar-refractivity contribution in [1.29, 1.82) is 0 Å². The minimum absolute atomic E-state index is 0.322. The molecule has 26 heavy (non-hydrogen) atoms. The molecule has 0 aromatic heterocycles. The molecular formula is C20H24ClN2O3+. The maximum Gasteiger partial charge on any atom is 0.189 e. The van der Waals surface area contributed by atoms with Gasteiger partial charge in [-0.05, 0) is 36.4 Å². The van der Waals surface area contributed by atoms with E-state index in [1.807, 2.05) is 24.3 Å². The summed E-state index contributed by atoms with van der Waals surface area (Å²) >= 11 is 6.29. The molecule has 2 heterocycles. The van der Waals surface area contributed by atoms with Gasteiger partial charge in [-0.3, -0.25) is 0 Å². The maximum atomic E-state index is 6.29. The number of ether oxygens (including phenoxy) is 3. The van der Waals surface area contributed by atoms with Crippen LogP contribution in [0.2, 0.25) is 5.02 Å². The summed E-state index contributed by atoms with van der Waals surface area (Å²) in [5, 5.41) is 0.754. The van der Waals surface area contributed by atoms with Crippen LogP contribution in [0, 0.1) is 0 Å². The molecule has 1 N–H and O–H groups in total. The van der Waals surface area contributed by atoms with Gasteiger partial charge in [0, 0.05) is 16.3 Å². The topological polar surface area (TPSA) is 35.4 Å². The van der Waals surface area contributed by atoms with Crippen LogP contribution in [0.3, 0.4) is 0 Å². The number of hydrogen-bond donors (Lipinski definition) is 1. The lowest BCUT2D eigenvalue weighted by atomic mass is 10.1. The molecule has 2 aliphatic rings. The monoisotopic (exact) mass is 375 g/mol. The molecule has 0 amide bonds. The lowest BCUT2D eigenvalue weighted by molar-refractivity contribution is -0.914. The minimum Gasteiger partial charge on any atom is -0.497 e. The van der Waals surface area contributed by atoms with E-state index in [1.54, 1.807) is 12.0 Å². The predicted molar refractivity (Wildman–Crippen MR) is 101 cm³/mol. The van der Waals surface area contributed by atoms with E-state index >= 15 is 0 Å². The van der Waals surface area contributed by atoms with E-state index in [0.717, 1.165) is 54.8 Å². The fraction of sp³-hybridized carbons (Fsp3) is 0.400. The van der Waals surface area contributed by atoms with E-state index in [1.165, 1.54) is 11.3 Å². The van der Waals surface area contributed by atoms with Crippen molar-refractivity contribution >= 4 is 17.3 Å². The van der Waals surface area contributed by atoms with Gasteiger partial charge in [0.15, 0.2) is 6.79 Å². The molecule has 0 bridgehead atoms. The number of halogens is 1. The van der Waals surface area contributed by atoms with Crippen LogP contribution in [0.25, 0.3) is 0 Å². The van der Waals surface area contributed by atoms with Gasteiger partial charge in [-0.1, -0.05) is 11.6 Å². The summed E-state index contributed by atoms with van der Waals surface area (Å²) in [7, 11) is 1.70. The second kappa shape index (κ2) is 7.74. The molecule has 2 aromatic rings. The average Bonchev–Trinajstić information content (AvgIpc) is 2.68. The third-order valence-electron chi connectivity index (χ3n) is 5.10. The van der Waals surface area contributed by atoms with Crippen LogP contribution in [-0.4, -0.2) is 40.1 Å². The Morgan fingerprint density at radius 1 is 1.15 bits per heavy atom. The molecule has 1 saturated heterocycles. The van der Waals surface area contributed by atoms with Crippen LogP contribution in [-0.2, 0) is 17.9 Å². The first-order valence-electron chi connectivity index (χ1n) is 8.97. The maximum absolute atomic E-state index is 6.29. The molecule has 2 aliphatic heterocycles. The first kappa shape index (κ1) is 17.5. The minimum atomic E-state index is 0.322. The predicted octanol–water partition coefficient (Wildman–Crippen LogP) is 2.12. The Hall–Kier alpha value is -1.95. The second-order valence-corrected chi connectivity index (χ2v) is 7.21. The lowest BCUT2D eigenvalue weighted by Gasteiger charge is -2.34. The molecule has 0 aliphatic carbocycles. The van der Waals surface area contributed by atoms with E-state index in [-0.39, 0.29) is 0 Å². The number of piperazine rings is 1. The number of quaternary nitrogens is 1. The van der Waals surface area contributed by atoms with Crippen LogP contribution in [0.4, 0.5) is 5.69 Å². The standard InChI is InChI=1S/C20H23ClN2O3/c1-24-19-4-2-18(3-5-19)23-8-6-22(7-9-23)12-15-10-17(21)11-16-13-25-14-26-20(15)16/h2-5,10-11H,6-9,12-14H2,1H3/p+1. The molecule has 0 unspecified atom stereocenters. The Balaban J connectivity index is 1.40. The summed E-state index contributed by atoms with van der Waals surface area (Å²) in [5.41, 5.74) is 3.49. The van der Waals surface area contributed by atoms with Crippen molar-refractivity contribution in [2.24, 2.45) is 0 Å². The zero-order chi connectivity index (χ0) is 17.9. The molecule has 6 heteroatoms. The van der Waals surface area contributed by atoms with Crippen molar-refractivity contribution in [1.82, 2.24) is 0 Å². The summed E-state index contributed by atoms with van der Waals surface area (Å²) < 4.78 is 16.4. The van der Waals surface area contributed by atoms with Gasteiger partial charge < -0.3 is 24.0 Å². The lowest BCUT2D eigenvalue weighted by Crippen LogP contribution is -3.13. The molecule has 5 nitrogen and oxygen atoms in total. The third kappa shape index (κ3) is 3.75. The van der Waals surface area contributed by atoms with Crippen molar-refractivity contribution in [3.05, 3.63) is 52.5 Å². The zero-order valence-corrected chi connectivity index (χ0v) is 15.7. The normalized spacial score (nSPS) is 17.5. The number of nitrogens with one attached hydrogen (secondary N) is 1. The van der Waals surface area contributed by atoms with Gasteiger partial charge in [0.2, 0.25) is 0 Å². The highest BCUT2D eigenvalue weighted by molar-refractivity contribution is 6.30. The van der Waals surface area contributed by atoms with Gasteiger partial charge in [-0.15, -0.1) is 0 Å². The Kier molecular flexibility index (Phi) is 5.20. The number of anilines is 1. The van der Waals surface area contributed by atoms with Crippen molar-refractivity contribution in [3.8, 4) is 11.5 Å². The first-order chi connectivity index (χ1) is 12.7. The zero-order valence-electron chi connectivity index (χ0n) is 15.0. The molecule has 0 saturated carbocycles. The average molecular weight is 376 g/mol. The van der Waals surface area contributed by atoms with Crippen LogP contribution in [0.1, 0.15) is 11.1 Å². The van der Waals surface area contributed by atoms with Gasteiger partial charge >= 0.3 is 0 Å². The molecule has 0 radical (unpaired) electrons. The van der Waals surface area contributed by atoms with Crippen LogP contribution in [0.5, 0.6) is 11.5 Å². The van der Waals surface area contributed by atoms with Gasteiger partial charge in [0.1, 0.15) is 18.0 Å². The summed E-state index contributed by atoms with van der Waals surface area (Å²) in [6.07, 6.45) is 0. The fourth-order valence-electron chi connectivity index (χ4n) is 3.71. The number of nitrogens with zero attached hydrogens (tertiary/aromatic N) is 1. The van der Waals surface area contributed by atoms with E-state index in [9.17, 15) is 0 Å². The SMILES string of the molecule is COc1ccc(N2CC[NH+](Cc3cc(Cl)cc4c3OCOC4)CC2)cc1. The molecule has 2 aromatic carbocycles. The Morgan fingerprint density at radius 2 is 1.92 bits per heavy atom. The number of fused-ring (bicyclic) bond motifs is 1. The summed E-state index contributed by atoms with van der Waals surface area (Å²) in [4.78, 5) is 3.98. The Bertz CT molecular complexity index is 758. The number of methoxy groups -OCH3 is 1. The highest BCUT2D eigenvalue weighted by Gasteiger charge is 2.24. The molecule has 0 atom stereocenters. The van der Waals surface area contributed by atoms with Gasteiger partial charge in [-0.2, -0.15) is 0 Å². The molecule has 1 fully saturated rings. The van der Waals surface area contributed by atoms with Gasteiger partial charge in [0.05, 0.1) is 45.5 Å². The number of benzene rings is 2. The Morgan fingerprint density at radius 3 is 2.65 bits per heavy atom. The van der Waals surface area contributed by atoms with Crippen molar-refractivity contribution in [3.63, 3.8) is 0 Å². The van der Waals surface area contributed by atoms with E-state index < -0.39 is 0 Å². The number of hydrogen-bond acceptors (Lipinski definition) is 4. The highest BCUT2D eigenvalue weighted by Crippen LogP contribution is 2.31. The van der Waals surface area contributed by atoms with Gasteiger partial charge in [-0.25, -0.2) is 0 Å². The molecule has 0 spiro atoms. The van der Waals surface area contributed by atoms with Crippen LogP contribution in [0.15, 0.2) is 36.4 Å². The van der Waals surface area contributed by atoms with Crippen LogP contribution < -0.4 is 19.3 Å². The van der Waals surface area contributed by atoms with Crippen molar-refractivity contribution in [2.45, 2.75) is 13.2 Å². The molecule has 4 rings (SSSR count). The molecular weight excluding hydrogens is 352 g/mol. The molecule has 138 valence electrons. The van der Waals surface area contributed by atoms with Crippen molar-refractivity contribution in [2.75, 3.05) is 45.0 Å². The van der Waals surface area contributed by atoms with Gasteiger partial charge in [0.25, 0.3) is 0 Å². The first-order valence-corrected chi connectivity index (χ1v) is 9.35. The summed E-state index contributed by atoms with van der Waals surface area (Å²) in [6.45, 7) is 6.07. The number of rotatable bonds is 4. The quantitative estimate of drug-likeness (QED) is 0.888. The highest BCUT2D eigenvalue weighted by atomic mass is 35.5. The smallest absolute Gasteiger partial charge is 0.189 e. The second-order valence-electron chi connectivity index (χ2n) is 6.78. The van der Waals surface area contributed by atoms with E-state index in [0.29, 0.717) is 13.4 Å². The van der Waals surface area contributed by atoms with E-state index in [2.05, 4.69) is 17.0 Å². The van der Waals surface area contributed by atoms with E-state index in [4.69, 9.17) is 25.8 Å². The largest absolute Gasteiger partial charge is 0.497 e. The Labute approximate surface area is 159 Å².